The highest BCUT2D eigenvalue weighted by molar-refractivity contribution is 5.88. The third kappa shape index (κ3) is 4.02. The molecule has 5 heteroatoms. The van der Waals surface area contributed by atoms with Gasteiger partial charge >= 0.3 is 0 Å². The van der Waals surface area contributed by atoms with E-state index in [0.29, 0.717) is 12.1 Å². The Morgan fingerprint density at radius 1 is 1.35 bits per heavy atom. The Morgan fingerprint density at radius 3 is 2.55 bits per heavy atom. The summed E-state index contributed by atoms with van der Waals surface area (Å²) < 4.78 is 0. The van der Waals surface area contributed by atoms with Gasteiger partial charge in [-0.2, -0.15) is 0 Å². The van der Waals surface area contributed by atoms with Crippen molar-refractivity contribution in [3.63, 3.8) is 0 Å². The van der Waals surface area contributed by atoms with E-state index in [-0.39, 0.29) is 24.9 Å². The van der Waals surface area contributed by atoms with Crippen molar-refractivity contribution < 1.29 is 15.0 Å². The zero-order chi connectivity index (χ0) is 15.1. The molecule has 20 heavy (non-hydrogen) atoms. The first-order valence-corrected chi connectivity index (χ1v) is 7.01. The van der Waals surface area contributed by atoms with Crippen LogP contribution in [0.4, 0.5) is 5.69 Å². The van der Waals surface area contributed by atoms with Gasteiger partial charge in [-0.15, -0.1) is 0 Å². The molecule has 1 heterocycles. The van der Waals surface area contributed by atoms with E-state index in [9.17, 15) is 15.0 Å². The van der Waals surface area contributed by atoms with E-state index in [4.69, 9.17) is 0 Å². The van der Waals surface area contributed by atoms with Crippen molar-refractivity contribution in [1.29, 1.82) is 0 Å². The second-order valence-electron chi connectivity index (χ2n) is 5.16. The van der Waals surface area contributed by atoms with Crippen LogP contribution in [0.5, 0.6) is 0 Å². The van der Waals surface area contributed by atoms with E-state index in [1.54, 1.807) is 18.5 Å². The lowest BCUT2D eigenvalue weighted by molar-refractivity contribution is -0.124. The van der Waals surface area contributed by atoms with Gasteiger partial charge in [-0.1, -0.05) is 20.8 Å². The van der Waals surface area contributed by atoms with E-state index in [0.717, 1.165) is 12.1 Å². The molecule has 1 unspecified atom stereocenters. The molecule has 0 saturated carbocycles. The van der Waals surface area contributed by atoms with Crippen molar-refractivity contribution in [1.82, 2.24) is 4.98 Å². The first kappa shape index (κ1) is 16.6. The van der Waals surface area contributed by atoms with Crippen molar-refractivity contribution in [3.8, 4) is 0 Å². The van der Waals surface area contributed by atoms with Crippen LogP contribution >= 0.6 is 0 Å². The number of aliphatic hydroxyl groups excluding tert-OH is 2. The number of rotatable bonds is 8. The molecule has 0 aliphatic carbocycles. The number of ketones is 1. The summed E-state index contributed by atoms with van der Waals surface area (Å²) in [5.74, 6) is -0.129. The summed E-state index contributed by atoms with van der Waals surface area (Å²) in [6.07, 6.45) is 4.10. The first-order chi connectivity index (χ1) is 9.54. The lowest BCUT2D eigenvalue weighted by Gasteiger charge is -2.32. The minimum atomic E-state index is -0.564. The standard InChI is InChI=1S/C15H24N2O3/c1-4-5-17(14(10-19)15(20)11(2)3)13-6-12(9-18)7-16-8-13/h6-8,11,14,18-19H,4-5,9-10H2,1-3H3. The van der Waals surface area contributed by atoms with Crippen LogP contribution in [0.1, 0.15) is 32.8 Å². The average molecular weight is 280 g/mol. The summed E-state index contributed by atoms with van der Waals surface area (Å²) in [7, 11) is 0. The minimum Gasteiger partial charge on any atom is -0.394 e. The highest BCUT2D eigenvalue weighted by Gasteiger charge is 2.27. The molecule has 0 fully saturated rings. The molecule has 0 aliphatic rings. The van der Waals surface area contributed by atoms with Crippen LogP contribution in [0.25, 0.3) is 0 Å². The Hall–Kier alpha value is -1.46. The maximum absolute atomic E-state index is 12.2. The van der Waals surface area contributed by atoms with Crippen LogP contribution in [0, 0.1) is 5.92 Å². The molecular formula is C15H24N2O3. The molecule has 0 amide bonds. The van der Waals surface area contributed by atoms with Crippen LogP contribution in [0.2, 0.25) is 0 Å². The Labute approximate surface area is 120 Å². The number of pyridine rings is 1. The van der Waals surface area contributed by atoms with E-state index in [1.807, 2.05) is 25.7 Å². The molecule has 0 bridgehead atoms. The summed E-state index contributed by atoms with van der Waals surface area (Å²) in [5.41, 5.74) is 1.45. The third-order valence-electron chi connectivity index (χ3n) is 3.21. The number of hydrogen-bond acceptors (Lipinski definition) is 5. The number of anilines is 1. The van der Waals surface area contributed by atoms with Crippen molar-refractivity contribution in [2.45, 2.75) is 39.8 Å². The number of Topliss-reactive ketones (excluding diaryl/α,β-unsaturated/α-hetero) is 1. The fourth-order valence-electron chi connectivity index (χ4n) is 2.15. The Morgan fingerprint density at radius 2 is 2.05 bits per heavy atom. The molecule has 0 spiro atoms. The van der Waals surface area contributed by atoms with Gasteiger partial charge in [0.25, 0.3) is 0 Å². The van der Waals surface area contributed by atoms with Crippen LogP contribution in [-0.2, 0) is 11.4 Å². The molecule has 5 nitrogen and oxygen atoms in total. The smallest absolute Gasteiger partial charge is 0.160 e. The summed E-state index contributed by atoms with van der Waals surface area (Å²) in [6.45, 7) is 6.02. The zero-order valence-electron chi connectivity index (χ0n) is 12.4. The lowest BCUT2D eigenvalue weighted by Crippen LogP contribution is -2.46. The number of carbonyl (C=O) groups excluding carboxylic acids is 1. The second-order valence-corrected chi connectivity index (χ2v) is 5.16. The fraction of sp³-hybridized carbons (Fsp3) is 0.600. The average Bonchev–Trinajstić information content (AvgIpc) is 2.46. The molecule has 1 rings (SSSR count). The van der Waals surface area contributed by atoms with E-state index < -0.39 is 6.04 Å². The summed E-state index contributed by atoms with van der Waals surface area (Å²) in [5, 5.41) is 18.8. The number of nitrogens with zero attached hydrogens (tertiary/aromatic N) is 2. The predicted octanol–water partition coefficient (Wildman–Crippen LogP) is 1.38. The molecule has 1 aromatic heterocycles. The molecule has 1 aromatic rings. The monoisotopic (exact) mass is 280 g/mol. The van der Waals surface area contributed by atoms with Gasteiger partial charge in [-0.3, -0.25) is 9.78 Å². The van der Waals surface area contributed by atoms with Gasteiger partial charge < -0.3 is 15.1 Å². The van der Waals surface area contributed by atoms with Gasteiger partial charge in [-0.25, -0.2) is 0 Å². The number of carbonyl (C=O) groups is 1. The highest BCUT2D eigenvalue weighted by Crippen LogP contribution is 2.20. The van der Waals surface area contributed by atoms with Gasteiger partial charge in [0.1, 0.15) is 6.04 Å². The zero-order valence-corrected chi connectivity index (χ0v) is 12.4. The topological polar surface area (TPSA) is 73.7 Å². The molecule has 112 valence electrons. The molecule has 0 radical (unpaired) electrons. The Kier molecular flexibility index (Phi) is 6.61. The third-order valence-corrected chi connectivity index (χ3v) is 3.21. The normalized spacial score (nSPS) is 12.5. The largest absolute Gasteiger partial charge is 0.394 e. The Balaban J connectivity index is 3.10. The van der Waals surface area contributed by atoms with Crippen LogP contribution in [0.3, 0.4) is 0 Å². The van der Waals surface area contributed by atoms with Crippen LogP contribution < -0.4 is 4.90 Å². The minimum absolute atomic E-state index is 0.00958. The van der Waals surface area contributed by atoms with Gasteiger partial charge in [0.15, 0.2) is 5.78 Å². The van der Waals surface area contributed by atoms with E-state index in [1.165, 1.54) is 0 Å². The number of aromatic nitrogens is 1. The molecule has 0 aliphatic heterocycles. The van der Waals surface area contributed by atoms with Crippen molar-refractivity contribution in [3.05, 3.63) is 24.0 Å². The van der Waals surface area contributed by atoms with Crippen LogP contribution in [0.15, 0.2) is 18.5 Å². The van der Waals surface area contributed by atoms with Gasteiger partial charge in [0, 0.05) is 18.7 Å². The Bertz CT molecular complexity index is 435. The van der Waals surface area contributed by atoms with Gasteiger partial charge in [-0.05, 0) is 18.1 Å². The van der Waals surface area contributed by atoms with Crippen LogP contribution in [-0.4, -0.2) is 40.2 Å². The molecular weight excluding hydrogens is 256 g/mol. The second kappa shape index (κ2) is 7.97. The highest BCUT2D eigenvalue weighted by atomic mass is 16.3. The predicted molar refractivity (Wildman–Crippen MR) is 78.5 cm³/mol. The summed E-state index contributed by atoms with van der Waals surface area (Å²) in [6, 6.07) is 1.24. The number of aliphatic hydroxyl groups is 2. The van der Waals surface area contributed by atoms with Crippen molar-refractivity contribution in [2.75, 3.05) is 18.1 Å². The van der Waals surface area contributed by atoms with E-state index in [2.05, 4.69) is 4.98 Å². The fourth-order valence-corrected chi connectivity index (χ4v) is 2.15. The maximum Gasteiger partial charge on any atom is 0.160 e. The maximum atomic E-state index is 12.2. The lowest BCUT2D eigenvalue weighted by atomic mass is 10.00. The van der Waals surface area contributed by atoms with Gasteiger partial charge in [0.2, 0.25) is 0 Å². The van der Waals surface area contributed by atoms with Gasteiger partial charge in [0.05, 0.1) is 25.1 Å². The molecule has 0 aromatic carbocycles. The molecule has 2 N–H and O–H groups in total. The summed E-state index contributed by atoms with van der Waals surface area (Å²) in [4.78, 5) is 18.2. The molecule has 1 atom stereocenters. The quantitative estimate of drug-likeness (QED) is 0.752. The van der Waals surface area contributed by atoms with E-state index >= 15 is 0 Å². The van der Waals surface area contributed by atoms with Crippen molar-refractivity contribution >= 4 is 11.5 Å². The first-order valence-electron chi connectivity index (χ1n) is 7.01. The summed E-state index contributed by atoms with van der Waals surface area (Å²) >= 11 is 0. The molecule has 0 saturated heterocycles. The number of hydrogen-bond donors (Lipinski definition) is 2. The van der Waals surface area contributed by atoms with Crippen molar-refractivity contribution in [2.24, 2.45) is 5.92 Å². The SMILES string of the molecule is CCCN(c1cncc(CO)c1)C(CO)C(=O)C(C)C.